The maximum atomic E-state index is 13.4. The predicted octanol–water partition coefficient (Wildman–Crippen LogP) is 2.90. The van der Waals surface area contributed by atoms with Gasteiger partial charge in [-0.05, 0) is 56.1 Å². The number of rotatable bonds is 8. The molecule has 0 spiro atoms. The topological polar surface area (TPSA) is 93.4 Å². The summed E-state index contributed by atoms with van der Waals surface area (Å²) in [5, 5.41) is 3.51. The molecule has 2 fully saturated rings. The van der Waals surface area contributed by atoms with E-state index in [2.05, 4.69) is 19.2 Å². The molecule has 0 radical (unpaired) electrons. The lowest BCUT2D eigenvalue weighted by atomic mass is 9.92. The van der Waals surface area contributed by atoms with Crippen molar-refractivity contribution in [1.82, 2.24) is 19.4 Å². The number of benzene rings is 1. The molecule has 1 aromatic heterocycles. The van der Waals surface area contributed by atoms with Gasteiger partial charge in [-0.3, -0.25) is 23.5 Å². The Labute approximate surface area is 206 Å². The van der Waals surface area contributed by atoms with Gasteiger partial charge in [0.2, 0.25) is 11.8 Å². The van der Waals surface area contributed by atoms with E-state index in [1.54, 1.807) is 24.3 Å². The van der Waals surface area contributed by atoms with Crippen LogP contribution in [0.15, 0.2) is 33.9 Å². The van der Waals surface area contributed by atoms with E-state index in [9.17, 15) is 19.2 Å². The van der Waals surface area contributed by atoms with Gasteiger partial charge >= 0.3 is 5.69 Å². The monoisotopic (exact) mass is 482 g/mol. The smallest absolute Gasteiger partial charge is 0.331 e. The van der Waals surface area contributed by atoms with Gasteiger partial charge in [0.1, 0.15) is 6.54 Å². The van der Waals surface area contributed by atoms with Crippen molar-refractivity contribution in [2.45, 2.75) is 84.3 Å². The van der Waals surface area contributed by atoms with E-state index in [1.165, 1.54) is 22.0 Å². The molecule has 2 heterocycles. The summed E-state index contributed by atoms with van der Waals surface area (Å²) in [4.78, 5) is 53.7. The molecule has 2 aromatic rings. The Balaban J connectivity index is 1.48. The second-order valence-electron chi connectivity index (χ2n) is 10.6. The van der Waals surface area contributed by atoms with Crippen LogP contribution < -0.4 is 16.6 Å². The molecule has 2 amide bonds. The third-order valence-corrected chi connectivity index (χ3v) is 7.40. The molecular weight excluding hydrogens is 444 g/mol. The summed E-state index contributed by atoms with van der Waals surface area (Å²) < 4.78 is 2.67. The molecule has 2 atom stereocenters. The fourth-order valence-corrected chi connectivity index (χ4v) is 5.75. The highest BCUT2D eigenvalue weighted by Crippen LogP contribution is 2.21. The van der Waals surface area contributed by atoms with Crippen LogP contribution in [0, 0.1) is 11.8 Å². The van der Waals surface area contributed by atoms with E-state index < -0.39 is 5.69 Å². The van der Waals surface area contributed by atoms with Crippen LogP contribution in [0.1, 0.15) is 65.2 Å². The van der Waals surface area contributed by atoms with Crippen LogP contribution in [-0.2, 0) is 22.7 Å². The van der Waals surface area contributed by atoms with Gasteiger partial charge in [0.05, 0.1) is 10.9 Å². The van der Waals surface area contributed by atoms with Crippen molar-refractivity contribution < 1.29 is 9.59 Å². The number of hydrogen-bond acceptors (Lipinski definition) is 4. The molecule has 1 aliphatic carbocycles. The SMILES string of the molecule is C[C@H]1C[C@H](C)CN(C(=O)Cn2c(=O)n(CCCCC(=O)NC3CCCC3)c(=O)c3ccccc32)C1. The lowest BCUT2D eigenvalue weighted by Gasteiger charge is -2.35. The van der Waals surface area contributed by atoms with Crippen LogP contribution in [0.3, 0.4) is 0 Å². The number of carbonyl (C=O) groups excluding carboxylic acids is 2. The Morgan fingerprint density at radius 3 is 2.37 bits per heavy atom. The van der Waals surface area contributed by atoms with Crippen LogP contribution in [0.4, 0.5) is 0 Å². The highest BCUT2D eigenvalue weighted by Gasteiger charge is 2.26. The molecule has 8 nitrogen and oxygen atoms in total. The Hall–Kier alpha value is -2.90. The number of fused-ring (bicyclic) bond motifs is 1. The average Bonchev–Trinajstić information content (AvgIpc) is 3.33. The molecule has 1 saturated carbocycles. The molecule has 8 heteroatoms. The molecule has 0 unspecified atom stereocenters. The second kappa shape index (κ2) is 11.2. The first kappa shape index (κ1) is 25.2. The van der Waals surface area contributed by atoms with Crippen LogP contribution in [0.25, 0.3) is 10.9 Å². The third kappa shape index (κ3) is 6.03. The minimum atomic E-state index is -0.462. The summed E-state index contributed by atoms with van der Waals surface area (Å²) in [7, 11) is 0. The summed E-state index contributed by atoms with van der Waals surface area (Å²) in [5.41, 5.74) is -0.318. The highest BCUT2D eigenvalue weighted by molar-refractivity contribution is 5.81. The Kier molecular flexibility index (Phi) is 8.08. The Morgan fingerprint density at radius 2 is 1.66 bits per heavy atom. The summed E-state index contributed by atoms with van der Waals surface area (Å²) >= 11 is 0. The number of carbonyl (C=O) groups is 2. The third-order valence-electron chi connectivity index (χ3n) is 7.40. The number of likely N-dealkylation sites (tertiary alicyclic amines) is 1. The van der Waals surface area contributed by atoms with E-state index in [-0.39, 0.29) is 30.5 Å². The van der Waals surface area contributed by atoms with Gasteiger partial charge in [0.15, 0.2) is 0 Å². The van der Waals surface area contributed by atoms with Crippen molar-refractivity contribution in [2.24, 2.45) is 11.8 Å². The molecule has 2 aliphatic rings. The number of aromatic nitrogens is 2. The van der Waals surface area contributed by atoms with Gasteiger partial charge in [-0.25, -0.2) is 4.79 Å². The summed E-state index contributed by atoms with van der Waals surface area (Å²) in [6.07, 6.45) is 7.05. The quantitative estimate of drug-likeness (QED) is 0.586. The van der Waals surface area contributed by atoms with Crippen molar-refractivity contribution >= 4 is 22.7 Å². The number of amides is 2. The van der Waals surface area contributed by atoms with Crippen LogP contribution >= 0.6 is 0 Å². The average molecular weight is 483 g/mol. The molecule has 4 rings (SSSR count). The van der Waals surface area contributed by atoms with E-state index in [0.717, 1.165) is 19.3 Å². The van der Waals surface area contributed by atoms with Gasteiger partial charge in [-0.15, -0.1) is 0 Å². The number of hydrogen-bond donors (Lipinski definition) is 1. The number of piperidine rings is 1. The fourth-order valence-electron chi connectivity index (χ4n) is 5.75. The van der Waals surface area contributed by atoms with Gasteiger partial charge in [-0.2, -0.15) is 0 Å². The molecule has 1 aliphatic heterocycles. The second-order valence-corrected chi connectivity index (χ2v) is 10.6. The van der Waals surface area contributed by atoms with Crippen molar-refractivity contribution in [3.63, 3.8) is 0 Å². The maximum absolute atomic E-state index is 13.4. The van der Waals surface area contributed by atoms with Crippen molar-refractivity contribution in [1.29, 1.82) is 0 Å². The Morgan fingerprint density at radius 1 is 0.971 bits per heavy atom. The lowest BCUT2D eigenvalue weighted by Crippen LogP contribution is -2.47. The first-order chi connectivity index (χ1) is 16.8. The zero-order chi connectivity index (χ0) is 24.9. The standard InChI is InChI=1S/C27H38N4O4/c1-19-15-20(2)17-29(16-19)25(33)18-31-23-12-6-5-11-22(23)26(34)30(27(31)35)14-8-7-13-24(32)28-21-9-3-4-10-21/h5-6,11-12,19-21H,3-4,7-10,13-18H2,1-2H3,(H,28,32)/t19-,20-/m0/s1. The Bertz CT molecular complexity index is 1170. The summed E-state index contributed by atoms with van der Waals surface area (Å²) in [6.45, 7) is 5.82. The first-order valence-corrected chi connectivity index (χ1v) is 13.1. The molecule has 190 valence electrons. The maximum Gasteiger partial charge on any atom is 0.331 e. The molecule has 1 aromatic carbocycles. The van der Waals surface area contributed by atoms with Crippen LogP contribution in [0.2, 0.25) is 0 Å². The van der Waals surface area contributed by atoms with Gasteiger partial charge in [0, 0.05) is 32.1 Å². The van der Waals surface area contributed by atoms with Crippen molar-refractivity contribution in [2.75, 3.05) is 13.1 Å². The number of nitrogens with zero attached hydrogens (tertiary/aromatic N) is 3. The minimum absolute atomic E-state index is 0.0377. The number of unbranched alkanes of at least 4 members (excludes halogenated alkanes) is 1. The minimum Gasteiger partial charge on any atom is -0.353 e. The largest absolute Gasteiger partial charge is 0.353 e. The zero-order valence-electron chi connectivity index (χ0n) is 21.0. The van der Waals surface area contributed by atoms with Crippen molar-refractivity contribution in [3.05, 3.63) is 45.1 Å². The van der Waals surface area contributed by atoms with Crippen LogP contribution in [-0.4, -0.2) is 45.0 Å². The van der Waals surface area contributed by atoms with Gasteiger partial charge < -0.3 is 10.2 Å². The van der Waals surface area contributed by atoms with Crippen molar-refractivity contribution in [3.8, 4) is 0 Å². The first-order valence-electron chi connectivity index (χ1n) is 13.1. The normalized spacial score (nSPS) is 20.9. The van der Waals surface area contributed by atoms with Gasteiger partial charge in [0.25, 0.3) is 5.56 Å². The number of nitrogens with one attached hydrogen (secondary N) is 1. The fraction of sp³-hybridized carbons (Fsp3) is 0.630. The molecule has 0 bridgehead atoms. The molecule has 1 N–H and O–H groups in total. The highest BCUT2D eigenvalue weighted by atomic mass is 16.2. The molecular formula is C27H38N4O4. The molecule has 1 saturated heterocycles. The zero-order valence-corrected chi connectivity index (χ0v) is 21.0. The summed E-state index contributed by atoms with van der Waals surface area (Å²) in [6, 6.07) is 7.27. The van der Waals surface area contributed by atoms with E-state index >= 15 is 0 Å². The van der Waals surface area contributed by atoms with E-state index in [4.69, 9.17) is 0 Å². The summed E-state index contributed by atoms with van der Waals surface area (Å²) in [5.74, 6) is 0.798. The van der Waals surface area contributed by atoms with Crippen LogP contribution in [0.5, 0.6) is 0 Å². The van der Waals surface area contributed by atoms with E-state index in [0.29, 0.717) is 61.1 Å². The lowest BCUT2D eigenvalue weighted by molar-refractivity contribution is -0.134. The van der Waals surface area contributed by atoms with Gasteiger partial charge in [-0.1, -0.05) is 38.8 Å². The predicted molar refractivity (Wildman–Crippen MR) is 136 cm³/mol. The number of para-hydroxylation sites is 1. The van der Waals surface area contributed by atoms with E-state index in [1.807, 2.05) is 4.90 Å². The molecule has 35 heavy (non-hydrogen) atoms.